The minimum Gasteiger partial charge on any atom is -0.469 e. The molecule has 0 N–H and O–H groups in total. The van der Waals surface area contributed by atoms with E-state index in [1.54, 1.807) is 12.1 Å². The molecular formula is C15H16O3. The predicted octanol–water partition coefficient (Wildman–Crippen LogP) is 2.62. The van der Waals surface area contributed by atoms with E-state index >= 15 is 0 Å². The number of carbonyl (C=O) groups excluding carboxylic acids is 2. The maximum absolute atomic E-state index is 12.4. The second kappa shape index (κ2) is 5.63. The Morgan fingerprint density at radius 3 is 2.28 bits per heavy atom. The molecule has 1 aromatic rings. The van der Waals surface area contributed by atoms with Crippen LogP contribution >= 0.6 is 0 Å². The summed E-state index contributed by atoms with van der Waals surface area (Å²) in [6.07, 6.45) is 5.09. The normalized spacial score (nSPS) is 22.5. The molecular weight excluding hydrogens is 228 g/mol. The number of ether oxygens (including phenoxy) is 1. The van der Waals surface area contributed by atoms with Gasteiger partial charge in [0, 0.05) is 11.5 Å². The van der Waals surface area contributed by atoms with Gasteiger partial charge in [0.15, 0.2) is 5.78 Å². The lowest BCUT2D eigenvalue weighted by molar-refractivity contribution is -0.146. The number of ketones is 1. The summed E-state index contributed by atoms with van der Waals surface area (Å²) in [7, 11) is 1.37. The van der Waals surface area contributed by atoms with E-state index < -0.39 is 0 Å². The number of Topliss-reactive ketones (excluding diaryl/α,β-unsaturated/α-hetero) is 1. The Morgan fingerprint density at radius 1 is 1.06 bits per heavy atom. The molecule has 1 aliphatic rings. The van der Waals surface area contributed by atoms with Crippen molar-refractivity contribution in [3.63, 3.8) is 0 Å². The van der Waals surface area contributed by atoms with Crippen LogP contribution in [0.1, 0.15) is 23.2 Å². The number of benzene rings is 1. The quantitative estimate of drug-likeness (QED) is 0.466. The topological polar surface area (TPSA) is 43.4 Å². The molecule has 1 aliphatic carbocycles. The van der Waals surface area contributed by atoms with Gasteiger partial charge < -0.3 is 4.74 Å². The van der Waals surface area contributed by atoms with Gasteiger partial charge in [-0.25, -0.2) is 0 Å². The number of methoxy groups -OCH3 is 1. The third-order valence-electron chi connectivity index (χ3n) is 3.33. The van der Waals surface area contributed by atoms with E-state index in [0.29, 0.717) is 18.4 Å². The van der Waals surface area contributed by atoms with E-state index in [9.17, 15) is 9.59 Å². The number of allylic oxidation sites excluding steroid dienone is 2. The SMILES string of the molecule is COC(=O)[C@H]1CC=CC[C@@H]1C(=O)c1ccccc1. The second-order valence-corrected chi connectivity index (χ2v) is 4.41. The van der Waals surface area contributed by atoms with Gasteiger partial charge >= 0.3 is 5.97 Å². The number of hydrogen-bond donors (Lipinski definition) is 0. The summed E-state index contributed by atoms with van der Waals surface area (Å²) in [6, 6.07) is 9.11. The molecule has 18 heavy (non-hydrogen) atoms. The highest BCUT2D eigenvalue weighted by atomic mass is 16.5. The zero-order valence-corrected chi connectivity index (χ0v) is 10.3. The molecule has 0 heterocycles. The van der Waals surface area contributed by atoms with Crippen LogP contribution in [0.2, 0.25) is 0 Å². The van der Waals surface area contributed by atoms with Gasteiger partial charge in [-0.05, 0) is 12.8 Å². The highest BCUT2D eigenvalue weighted by Gasteiger charge is 2.34. The van der Waals surface area contributed by atoms with Crippen LogP contribution < -0.4 is 0 Å². The van der Waals surface area contributed by atoms with Crippen molar-refractivity contribution in [2.45, 2.75) is 12.8 Å². The molecule has 0 saturated heterocycles. The number of hydrogen-bond acceptors (Lipinski definition) is 3. The van der Waals surface area contributed by atoms with Crippen molar-refractivity contribution in [2.24, 2.45) is 11.8 Å². The fraction of sp³-hybridized carbons (Fsp3) is 0.333. The smallest absolute Gasteiger partial charge is 0.309 e. The molecule has 0 radical (unpaired) electrons. The summed E-state index contributed by atoms with van der Waals surface area (Å²) in [5.74, 6) is -0.929. The van der Waals surface area contributed by atoms with Crippen molar-refractivity contribution in [1.82, 2.24) is 0 Å². The number of rotatable bonds is 3. The van der Waals surface area contributed by atoms with Crippen molar-refractivity contribution in [3.8, 4) is 0 Å². The van der Waals surface area contributed by atoms with Gasteiger partial charge in [0.25, 0.3) is 0 Å². The zero-order chi connectivity index (χ0) is 13.0. The van der Waals surface area contributed by atoms with E-state index in [-0.39, 0.29) is 23.6 Å². The minimum atomic E-state index is -0.354. The summed E-state index contributed by atoms with van der Waals surface area (Å²) in [6.45, 7) is 0. The van der Waals surface area contributed by atoms with Crippen LogP contribution in [0, 0.1) is 11.8 Å². The van der Waals surface area contributed by atoms with Crippen molar-refractivity contribution >= 4 is 11.8 Å². The van der Waals surface area contributed by atoms with Gasteiger partial charge in [-0.3, -0.25) is 9.59 Å². The first-order chi connectivity index (χ1) is 8.74. The Morgan fingerprint density at radius 2 is 1.67 bits per heavy atom. The summed E-state index contributed by atoms with van der Waals surface area (Å²) >= 11 is 0. The van der Waals surface area contributed by atoms with Gasteiger partial charge in [0.2, 0.25) is 0 Å². The predicted molar refractivity (Wildman–Crippen MR) is 68.1 cm³/mol. The molecule has 0 aromatic heterocycles. The number of carbonyl (C=O) groups is 2. The van der Waals surface area contributed by atoms with Crippen molar-refractivity contribution < 1.29 is 14.3 Å². The van der Waals surface area contributed by atoms with Crippen LogP contribution in [-0.4, -0.2) is 18.9 Å². The van der Waals surface area contributed by atoms with Crippen LogP contribution in [0.5, 0.6) is 0 Å². The van der Waals surface area contributed by atoms with E-state index in [2.05, 4.69) is 0 Å². The van der Waals surface area contributed by atoms with Gasteiger partial charge in [-0.15, -0.1) is 0 Å². The second-order valence-electron chi connectivity index (χ2n) is 4.41. The molecule has 0 aliphatic heterocycles. The maximum atomic E-state index is 12.4. The molecule has 3 heteroatoms. The lowest BCUT2D eigenvalue weighted by Crippen LogP contribution is -2.32. The third-order valence-corrected chi connectivity index (χ3v) is 3.33. The van der Waals surface area contributed by atoms with E-state index in [0.717, 1.165) is 0 Å². The van der Waals surface area contributed by atoms with Crippen LogP contribution in [0.25, 0.3) is 0 Å². The van der Waals surface area contributed by atoms with Crippen LogP contribution in [0.4, 0.5) is 0 Å². The Bertz CT molecular complexity index is 462. The molecule has 3 nitrogen and oxygen atoms in total. The lowest BCUT2D eigenvalue weighted by atomic mass is 9.78. The molecule has 0 amide bonds. The first kappa shape index (κ1) is 12.6. The van der Waals surface area contributed by atoms with Crippen LogP contribution in [0.15, 0.2) is 42.5 Å². The Labute approximate surface area is 106 Å². The maximum Gasteiger partial charge on any atom is 0.309 e. The first-order valence-electron chi connectivity index (χ1n) is 6.06. The van der Waals surface area contributed by atoms with E-state index in [1.807, 2.05) is 30.4 Å². The lowest BCUT2D eigenvalue weighted by Gasteiger charge is -2.25. The molecule has 0 spiro atoms. The Hall–Kier alpha value is -1.90. The van der Waals surface area contributed by atoms with Gasteiger partial charge in [-0.2, -0.15) is 0 Å². The van der Waals surface area contributed by atoms with Gasteiger partial charge in [0.05, 0.1) is 13.0 Å². The fourth-order valence-corrected chi connectivity index (χ4v) is 2.33. The molecule has 94 valence electrons. The summed E-state index contributed by atoms with van der Waals surface area (Å²) in [5, 5.41) is 0. The van der Waals surface area contributed by atoms with Crippen molar-refractivity contribution in [2.75, 3.05) is 7.11 Å². The van der Waals surface area contributed by atoms with Crippen LogP contribution in [-0.2, 0) is 9.53 Å². The fourth-order valence-electron chi connectivity index (χ4n) is 2.33. The summed E-state index contributed by atoms with van der Waals surface area (Å²) in [5.41, 5.74) is 0.659. The molecule has 2 rings (SSSR count). The third kappa shape index (κ3) is 2.50. The van der Waals surface area contributed by atoms with E-state index in [4.69, 9.17) is 4.74 Å². The number of esters is 1. The van der Waals surface area contributed by atoms with Crippen LogP contribution in [0.3, 0.4) is 0 Å². The van der Waals surface area contributed by atoms with Gasteiger partial charge in [0.1, 0.15) is 0 Å². The summed E-state index contributed by atoms with van der Waals surface area (Å²) in [4.78, 5) is 24.1. The average molecular weight is 244 g/mol. The monoisotopic (exact) mass is 244 g/mol. The largest absolute Gasteiger partial charge is 0.469 e. The zero-order valence-electron chi connectivity index (χ0n) is 10.3. The molecule has 0 bridgehead atoms. The van der Waals surface area contributed by atoms with Crippen molar-refractivity contribution in [3.05, 3.63) is 48.0 Å². The molecule has 0 unspecified atom stereocenters. The average Bonchev–Trinajstić information content (AvgIpc) is 2.46. The summed E-state index contributed by atoms with van der Waals surface area (Å²) < 4.78 is 4.78. The first-order valence-corrected chi connectivity index (χ1v) is 6.06. The van der Waals surface area contributed by atoms with Gasteiger partial charge in [-0.1, -0.05) is 42.5 Å². The highest BCUT2D eigenvalue weighted by Crippen LogP contribution is 2.29. The highest BCUT2D eigenvalue weighted by molar-refractivity contribution is 6.00. The van der Waals surface area contributed by atoms with E-state index in [1.165, 1.54) is 7.11 Å². The Balaban J connectivity index is 2.22. The minimum absolute atomic E-state index is 0.0235. The molecule has 0 fully saturated rings. The molecule has 1 aromatic carbocycles. The Kier molecular flexibility index (Phi) is 3.92. The molecule has 0 saturated carbocycles. The standard InChI is InChI=1S/C15H16O3/c1-18-15(17)13-10-6-5-9-12(13)14(16)11-7-3-2-4-8-11/h2-8,12-13H,9-10H2,1H3/t12-,13-/m0/s1. The van der Waals surface area contributed by atoms with Crippen molar-refractivity contribution in [1.29, 1.82) is 0 Å². The molecule has 2 atom stereocenters.